The van der Waals surface area contributed by atoms with Gasteiger partial charge in [0.2, 0.25) is 0 Å². The number of nitrogens with one attached hydrogen (secondary N) is 2. The van der Waals surface area contributed by atoms with E-state index < -0.39 is 0 Å². The minimum Gasteiger partial charge on any atom is -0.484 e. The molecule has 0 radical (unpaired) electrons. The van der Waals surface area contributed by atoms with Crippen LogP contribution in [0.5, 0.6) is 5.75 Å². The molecule has 7 heteroatoms. The van der Waals surface area contributed by atoms with Crippen LogP contribution >= 0.6 is 11.8 Å². The Bertz CT molecular complexity index is 698. The fourth-order valence-corrected chi connectivity index (χ4v) is 5.75. The van der Waals surface area contributed by atoms with E-state index in [9.17, 15) is 4.79 Å². The quantitative estimate of drug-likeness (QED) is 0.549. The van der Waals surface area contributed by atoms with E-state index in [4.69, 9.17) is 4.74 Å². The van der Waals surface area contributed by atoms with Gasteiger partial charge in [-0.2, -0.15) is 11.8 Å². The van der Waals surface area contributed by atoms with Crippen LogP contribution < -0.4 is 15.4 Å². The van der Waals surface area contributed by atoms with Crippen molar-refractivity contribution in [3.8, 4) is 5.75 Å². The van der Waals surface area contributed by atoms with Crippen molar-refractivity contribution >= 4 is 23.6 Å². The number of carbonyl (C=O) groups excluding carboxylic acids is 1. The largest absolute Gasteiger partial charge is 0.484 e. The average Bonchev–Trinajstić information content (AvgIpc) is 2.74. The lowest BCUT2D eigenvalue weighted by Crippen LogP contribution is -2.53. The van der Waals surface area contributed by atoms with Gasteiger partial charge in [-0.1, -0.05) is 31.4 Å². The van der Waals surface area contributed by atoms with Crippen molar-refractivity contribution in [2.45, 2.75) is 50.3 Å². The summed E-state index contributed by atoms with van der Waals surface area (Å²) in [6.45, 7) is 5.37. The molecule has 160 valence electrons. The number of hydrogen-bond acceptors (Lipinski definition) is 4. The number of thioether (sulfide) groups is 1. The number of guanidine groups is 1. The molecule has 3 rings (SSSR count). The van der Waals surface area contributed by atoms with Gasteiger partial charge in [-0.25, -0.2) is 0 Å². The Morgan fingerprint density at radius 3 is 2.86 bits per heavy atom. The summed E-state index contributed by atoms with van der Waals surface area (Å²) >= 11 is 2.17. The average molecular weight is 419 g/mol. The van der Waals surface area contributed by atoms with E-state index in [1.165, 1.54) is 37.9 Å². The summed E-state index contributed by atoms with van der Waals surface area (Å²) in [5, 5.41) is 6.26. The second kappa shape index (κ2) is 10.8. The van der Waals surface area contributed by atoms with Gasteiger partial charge < -0.3 is 20.3 Å². The Balaban J connectivity index is 1.54. The van der Waals surface area contributed by atoms with Crippen LogP contribution in [0, 0.1) is 0 Å². The first-order chi connectivity index (χ1) is 14.1. The second-order valence-electron chi connectivity index (χ2n) is 7.80. The highest BCUT2D eigenvalue weighted by molar-refractivity contribution is 8.00. The molecule has 0 unspecified atom stereocenters. The van der Waals surface area contributed by atoms with Crippen molar-refractivity contribution in [1.82, 2.24) is 15.5 Å². The number of aliphatic imine (C=N–C) groups is 1. The summed E-state index contributed by atoms with van der Waals surface area (Å²) in [5.74, 6) is 2.75. The molecule has 2 aliphatic rings. The van der Waals surface area contributed by atoms with Gasteiger partial charge in [0.1, 0.15) is 5.75 Å². The smallest absolute Gasteiger partial charge is 0.257 e. The highest BCUT2D eigenvalue weighted by Crippen LogP contribution is 2.42. The maximum atomic E-state index is 11.6. The second-order valence-corrected chi connectivity index (χ2v) is 9.37. The Morgan fingerprint density at radius 1 is 1.28 bits per heavy atom. The third kappa shape index (κ3) is 6.29. The fourth-order valence-electron chi connectivity index (χ4n) is 4.18. The monoisotopic (exact) mass is 418 g/mol. The van der Waals surface area contributed by atoms with Crippen molar-refractivity contribution in [3.05, 3.63) is 29.8 Å². The van der Waals surface area contributed by atoms with Crippen LogP contribution in [0.2, 0.25) is 0 Å². The molecule has 1 aliphatic carbocycles. The first kappa shape index (κ1) is 21.8. The molecule has 1 saturated carbocycles. The lowest BCUT2D eigenvalue weighted by atomic mass is 9.87. The number of ether oxygens (including phenoxy) is 1. The molecule has 1 spiro atoms. The zero-order valence-corrected chi connectivity index (χ0v) is 18.5. The standard InChI is InChI=1S/C22H34N4O2S/c1-3-24-20(27)16-28-19-9-7-8-18(14-19)15-25-21(23-2)26-12-13-29-22(17-26)10-5-4-6-11-22/h7-9,14H,3-6,10-13,15-17H2,1-2H3,(H,23,25)(H,24,27). The summed E-state index contributed by atoms with van der Waals surface area (Å²) in [6, 6.07) is 7.88. The minimum atomic E-state index is -0.101. The predicted molar refractivity (Wildman–Crippen MR) is 121 cm³/mol. The number of nitrogens with zero attached hydrogens (tertiary/aromatic N) is 2. The summed E-state index contributed by atoms with van der Waals surface area (Å²) < 4.78 is 6.02. The summed E-state index contributed by atoms with van der Waals surface area (Å²) in [6.07, 6.45) is 6.76. The number of likely N-dealkylation sites (N-methyl/N-ethyl adjacent to an activating group) is 1. The third-order valence-corrected chi connectivity index (χ3v) is 7.15. The number of amides is 1. The van der Waals surface area contributed by atoms with Crippen LogP contribution in [0.15, 0.2) is 29.3 Å². The molecule has 0 bridgehead atoms. The minimum absolute atomic E-state index is 0.0416. The van der Waals surface area contributed by atoms with Crippen LogP contribution in [0.3, 0.4) is 0 Å². The van der Waals surface area contributed by atoms with Crippen LogP contribution in [0.4, 0.5) is 0 Å². The van der Waals surface area contributed by atoms with E-state index >= 15 is 0 Å². The van der Waals surface area contributed by atoms with E-state index in [0.717, 1.165) is 24.6 Å². The fraction of sp³-hybridized carbons (Fsp3) is 0.636. The highest BCUT2D eigenvalue weighted by atomic mass is 32.2. The predicted octanol–water partition coefficient (Wildman–Crippen LogP) is 3.03. The normalized spacial score (nSPS) is 19.1. The van der Waals surface area contributed by atoms with Gasteiger partial charge in [0, 0.05) is 43.7 Å². The van der Waals surface area contributed by atoms with E-state index in [-0.39, 0.29) is 12.5 Å². The molecule has 1 heterocycles. The summed E-state index contributed by atoms with van der Waals surface area (Å²) in [5.41, 5.74) is 1.11. The van der Waals surface area contributed by atoms with Crippen LogP contribution in [0.1, 0.15) is 44.6 Å². The van der Waals surface area contributed by atoms with Crippen molar-refractivity contribution in [2.75, 3.05) is 39.0 Å². The van der Waals surface area contributed by atoms with E-state index in [1.807, 2.05) is 32.2 Å². The molecular formula is C22H34N4O2S. The zero-order valence-electron chi connectivity index (χ0n) is 17.7. The Hall–Kier alpha value is -1.89. The van der Waals surface area contributed by atoms with Crippen LogP contribution in [0.25, 0.3) is 0 Å². The number of rotatable bonds is 6. The van der Waals surface area contributed by atoms with Crippen LogP contribution in [-0.4, -0.2) is 60.6 Å². The van der Waals surface area contributed by atoms with Gasteiger partial charge in [0.25, 0.3) is 5.91 Å². The van der Waals surface area contributed by atoms with Crippen molar-refractivity contribution in [3.63, 3.8) is 0 Å². The van der Waals surface area contributed by atoms with E-state index in [1.54, 1.807) is 0 Å². The molecule has 0 atom stereocenters. The van der Waals surface area contributed by atoms with Gasteiger partial charge in [0.15, 0.2) is 12.6 Å². The summed E-state index contributed by atoms with van der Waals surface area (Å²) in [4.78, 5) is 18.6. The molecule has 6 nitrogen and oxygen atoms in total. The third-order valence-electron chi connectivity index (χ3n) is 5.62. The van der Waals surface area contributed by atoms with Gasteiger partial charge in [-0.15, -0.1) is 0 Å². The number of benzene rings is 1. The number of carbonyl (C=O) groups is 1. The van der Waals surface area contributed by atoms with Crippen molar-refractivity contribution in [2.24, 2.45) is 4.99 Å². The lowest BCUT2D eigenvalue weighted by molar-refractivity contribution is -0.122. The molecule has 29 heavy (non-hydrogen) atoms. The first-order valence-corrected chi connectivity index (χ1v) is 11.7. The van der Waals surface area contributed by atoms with E-state index in [2.05, 4.69) is 38.4 Å². The van der Waals surface area contributed by atoms with Crippen molar-refractivity contribution < 1.29 is 9.53 Å². The molecule has 0 aromatic heterocycles. The van der Waals surface area contributed by atoms with E-state index in [0.29, 0.717) is 23.6 Å². The maximum absolute atomic E-state index is 11.6. The molecule has 1 saturated heterocycles. The Kier molecular flexibility index (Phi) is 8.09. The number of hydrogen-bond donors (Lipinski definition) is 2. The van der Waals surface area contributed by atoms with Gasteiger partial charge >= 0.3 is 0 Å². The summed E-state index contributed by atoms with van der Waals surface area (Å²) in [7, 11) is 1.86. The molecule has 1 aromatic carbocycles. The molecular weight excluding hydrogens is 384 g/mol. The van der Waals surface area contributed by atoms with Gasteiger partial charge in [-0.05, 0) is 37.5 Å². The highest BCUT2D eigenvalue weighted by Gasteiger charge is 2.38. The zero-order chi connectivity index (χ0) is 20.5. The topological polar surface area (TPSA) is 66.0 Å². The van der Waals surface area contributed by atoms with Crippen LogP contribution in [-0.2, 0) is 11.3 Å². The first-order valence-electron chi connectivity index (χ1n) is 10.7. The van der Waals surface area contributed by atoms with Gasteiger partial charge in [-0.3, -0.25) is 9.79 Å². The molecule has 1 aliphatic heterocycles. The lowest BCUT2D eigenvalue weighted by Gasteiger charge is -2.45. The van der Waals surface area contributed by atoms with Crippen molar-refractivity contribution in [1.29, 1.82) is 0 Å². The molecule has 2 fully saturated rings. The molecule has 1 aromatic rings. The molecule has 1 amide bonds. The Labute approximate surface area is 178 Å². The van der Waals surface area contributed by atoms with Gasteiger partial charge in [0.05, 0.1) is 0 Å². The Morgan fingerprint density at radius 2 is 2.10 bits per heavy atom. The SMILES string of the molecule is CCNC(=O)COc1cccc(CNC(=NC)N2CCSC3(CCCCC3)C2)c1. The molecule has 2 N–H and O–H groups in total. The maximum Gasteiger partial charge on any atom is 0.257 e.